The molecule has 1 unspecified atom stereocenters. The zero-order valence-corrected chi connectivity index (χ0v) is 16.1. The van der Waals surface area contributed by atoms with Crippen molar-refractivity contribution in [1.82, 2.24) is 24.8 Å². The molecule has 2 fully saturated rings. The Labute approximate surface area is 159 Å². The maximum Gasteiger partial charge on any atom is 0.257 e. The molecule has 1 atom stereocenters. The fourth-order valence-corrected chi connectivity index (χ4v) is 4.37. The number of carbonyl (C=O) groups is 1. The smallest absolute Gasteiger partial charge is 0.257 e. The van der Waals surface area contributed by atoms with E-state index in [4.69, 9.17) is 0 Å². The number of hydrogen-bond donors (Lipinski definition) is 0. The van der Waals surface area contributed by atoms with Gasteiger partial charge in [-0.15, -0.1) is 0 Å². The number of aromatic nitrogens is 4. The summed E-state index contributed by atoms with van der Waals surface area (Å²) in [4.78, 5) is 34.6. The average Bonchev–Trinajstić information content (AvgIpc) is 2.68. The van der Waals surface area contributed by atoms with Gasteiger partial charge in [0.1, 0.15) is 5.82 Å². The van der Waals surface area contributed by atoms with Crippen molar-refractivity contribution < 1.29 is 4.79 Å². The van der Waals surface area contributed by atoms with Crippen LogP contribution >= 0.6 is 0 Å². The van der Waals surface area contributed by atoms with Crippen LogP contribution in [-0.2, 0) is 0 Å². The summed E-state index contributed by atoms with van der Waals surface area (Å²) in [5, 5.41) is 0. The summed E-state index contributed by atoms with van der Waals surface area (Å²) in [6.45, 7) is 7.29. The number of rotatable bonds is 2. The van der Waals surface area contributed by atoms with Crippen molar-refractivity contribution in [1.29, 1.82) is 0 Å². The van der Waals surface area contributed by atoms with E-state index >= 15 is 0 Å². The summed E-state index contributed by atoms with van der Waals surface area (Å²) in [5.41, 5.74) is 1.68. The molecule has 2 saturated heterocycles. The van der Waals surface area contributed by atoms with Crippen molar-refractivity contribution in [3.63, 3.8) is 0 Å². The minimum Gasteiger partial charge on any atom is -0.340 e. The number of aryl methyl sites for hydroxylation is 2. The third-order valence-electron chi connectivity index (χ3n) is 5.70. The predicted molar refractivity (Wildman–Crippen MR) is 103 cm³/mol. The number of likely N-dealkylation sites (tertiary alicyclic amines) is 1. The van der Waals surface area contributed by atoms with Crippen molar-refractivity contribution in [3.05, 3.63) is 41.7 Å². The van der Waals surface area contributed by atoms with E-state index in [-0.39, 0.29) is 11.3 Å². The fraction of sp³-hybridized carbons (Fsp3) is 0.550. The molecule has 1 amide bonds. The van der Waals surface area contributed by atoms with Gasteiger partial charge in [-0.05, 0) is 45.6 Å². The van der Waals surface area contributed by atoms with Crippen LogP contribution in [0.5, 0.6) is 0 Å². The van der Waals surface area contributed by atoms with Crippen LogP contribution in [0, 0.1) is 19.3 Å². The number of carbonyl (C=O) groups excluding carboxylic acids is 1. The van der Waals surface area contributed by atoms with Crippen LogP contribution in [0.4, 0.5) is 5.95 Å². The molecule has 0 saturated carbocycles. The van der Waals surface area contributed by atoms with Gasteiger partial charge in [-0.1, -0.05) is 0 Å². The fourth-order valence-electron chi connectivity index (χ4n) is 4.37. The van der Waals surface area contributed by atoms with Crippen molar-refractivity contribution in [2.45, 2.75) is 39.5 Å². The summed E-state index contributed by atoms with van der Waals surface area (Å²) in [5.74, 6) is 1.53. The van der Waals surface area contributed by atoms with Gasteiger partial charge < -0.3 is 9.80 Å². The maximum absolute atomic E-state index is 12.9. The van der Waals surface area contributed by atoms with E-state index in [1.165, 1.54) is 0 Å². The summed E-state index contributed by atoms with van der Waals surface area (Å²) < 4.78 is 0. The van der Waals surface area contributed by atoms with Crippen LogP contribution in [0.1, 0.15) is 47.6 Å². The predicted octanol–water partition coefficient (Wildman–Crippen LogP) is 2.41. The zero-order chi connectivity index (χ0) is 18.9. The number of amides is 1. The van der Waals surface area contributed by atoms with Crippen molar-refractivity contribution in [3.8, 4) is 0 Å². The average molecular weight is 366 g/mol. The van der Waals surface area contributed by atoms with E-state index in [1.807, 2.05) is 31.0 Å². The van der Waals surface area contributed by atoms with E-state index in [0.717, 1.165) is 63.5 Å². The Morgan fingerprint density at radius 2 is 1.78 bits per heavy atom. The third-order valence-corrected chi connectivity index (χ3v) is 5.70. The number of piperidine rings is 2. The Balaban J connectivity index is 1.51. The lowest BCUT2D eigenvalue weighted by atomic mass is 9.73. The highest BCUT2D eigenvalue weighted by atomic mass is 16.2. The standard InChI is InChI=1S/C20H26N6O/c1-15-5-8-21-19(24-15)26-10-4-7-20(14-26)6-3-9-25(13-20)18(27)17-11-22-16(2)23-12-17/h5,8,11-12H,3-4,6-7,9-10,13-14H2,1-2H3. The van der Waals surface area contributed by atoms with E-state index in [1.54, 1.807) is 12.4 Å². The number of anilines is 1. The van der Waals surface area contributed by atoms with Crippen LogP contribution in [0.15, 0.2) is 24.7 Å². The molecule has 0 aromatic carbocycles. The van der Waals surface area contributed by atoms with E-state index in [0.29, 0.717) is 11.4 Å². The first-order valence-electron chi connectivity index (χ1n) is 9.67. The highest BCUT2D eigenvalue weighted by molar-refractivity contribution is 5.93. The molecule has 2 aromatic heterocycles. The minimum atomic E-state index is 0.0398. The first kappa shape index (κ1) is 17.8. The van der Waals surface area contributed by atoms with Gasteiger partial charge in [0.2, 0.25) is 5.95 Å². The Bertz CT molecular complexity index is 819. The van der Waals surface area contributed by atoms with Gasteiger partial charge in [-0.3, -0.25) is 4.79 Å². The van der Waals surface area contributed by atoms with Gasteiger partial charge in [-0.25, -0.2) is 19.9 Å². The molecule has 0 N–H and O–H groups in total. The number of nitrogens with zero attached hydrogens (tertiary/aromatic N) is 6. The van der Waals surface area contributed by atoms with Crippen LogP contribution in [0.25, 0.3) is 0 Å². The van der Waals surface area contributed by atoms with Gasteiger partial charge in [0.05, 0.1) is 5.56 Å². The zero-order valence-electron chi connectivity index (χ0n) is 16.1. The molecule has 0 aliphatic carbocycles. The Hall–Kier alpha value is -2.57. The molecule has 27 heavy (non-hydrogen) atoms. The van der Waals surface area contributed by atoms with E-state index in [9.17, 15) is 4.79 Å². The Morgan fingerprint density at radius 1 is 1.04 bits per heavy atom. The highest BCUT2D eigenvalue weighted by Crippen LogP contribution is 2.39. The largest absolute Gasteiger partial charge is 0.340 e. The second kappa shape index (κ2) is 7.21. The van der Waals surface area contributed by atoms with E-state index < -0.39 is 0 Å². The Kier molecular flexibility index (Phi) is 4.76. The van der Waals surface area contributed by atoms with Gasteiger partial charge >= 0.3 is 0 Å². The van der Waals surface area contributed by atoms with Gasteiger partial charge in [-0.2, -0.15) is 0 Å². The molecule has 7 nitrogen and oxygen atoms in total. The summed E-state index contributed by atoms with van der Waals surface area (Å²) in [7, 11) is 0. The number of hydrogen-bond acceptors (Lipinski definition) is 6. The molecule has 0 bridgehead atoms. The maximum atomic E-state index is 12.9. The quantitative estimate of drug-likeness (QED) is 0.812. The molecule has 1 spiro atoms. The molecule has 2 aliphatic heterocycles. The summed E-state index contributed by atoms with van der Waals surface area (Å²) in [6.07, 6.45) is 9.52. The van der Waals surface area contributed by atoms with Crippen LogP contribution < -0.4 is 4.90 Å². The monoisotopic (exact) mass is 366 g/mol. The molecule has 4 heterocycles. The summed E-state index contributed by atoms with van der Waals surface area (Å²) >= 11 is 0. The van der Waals surface area contributed by atoms with Crippen LogP contribution in [0.3, 0.4) is 0 Å². The lowest BCUT2D eigenvalue weighted by Gasteiger charge is -2.48. The normalized spacial score (nSPS) is 22.9. The highest BCUT2D eigenvalue weighted by Gasteiger charge is 2.41. The SMILES string of the molecule is Cc1ccnc(N2CCCC3(CCCN(C(=O)c4cnc(C)nc4)C3)C2)n1. The second-order valence-corrected chi connectivity index (χ2v) is 7.87. The van der Waals surface area contributed by atoms with Crippen LogP contribution in [-0.4, -0.2) is 56.9 Å². The topological polar surface area (TPSA) is 75.1 Å². The first-order valence-corrected chi connectivity index (χ1v) is 9.67. The van der Waals surface area contributed by atoms with Crippen molar-refractivity contribution in [2.75, 3.05) is 31.1 Å². The van der Waals surface area contributed by atoms with Crippen molar-refractivity contribution in [2.24, 2.45) is 5.41 Å². The first-order chi connectivity index (χ1) is 13.0. The van der Waals surface area contributed by atoms with E-state index in [2.05, 4.69) is 24.8 Å². The Morgan fingerprint density at radius 3 is 2.52 bits per heavy atom. The molecule has 7 heteroatoms. The molecule has 2 aliphatic rings. The third kappa shape index (κ3) is 3.77. The van der Waals surface area contributed by atoms with Gasteiger partial charge in [0.25, 0.3) is 5.91 Å². The van der Waals surface area contributed by atoms with Crippen molar-refractivity contribution >= 4 is 11.9 Å². The molecular formula is C20H26N6O. The molecule has 0 radical (unpaired) electrons. The van der Waals surface area contributed by atoms with Crippen LogP contribution in [0.2, 0.25) is 0 Å². The second-order valence-electron chi connectivity index (χ2n) is 7.87. The summed E-state index contributed by atoms with van der Waals surface area (Å²) in [6, 6.07) is 1.92. The molecular weight excluding hydrogens is 340 g/mol. The minimum absolute atomic E-state index is 0.0398. The van der Waals surface area contributed by atoms with Gasteiger partial charge in [0, 0.05) is 55.9 Å². The molecule has 142 valence electrons. The lowest BCUT2D eigenvalue weighted by molar-refractivity contribution is 0.0464. The van der Waals surface area contributed by atoms with Gasteiger partial charge in [0.15, 0.2) is 0 Å². The molecule has 4 rings (SSSR count). The lowest BCUT2D eigenvalue weighted by Crippen LogP contribution is -2.54. The molecule has 2 aromatic rings.